The Labute approximate surface area is 171 Å². The molecule has 0 unspecified atom stereocenters. The van der Waals surface area contributed by atoms with E-state index in [2.05, 4.69) is 37.2 Å². The van der Waals surface area contributed by atoms with Gasteiger partial charge >= 0.3 is 0 Å². The molecule has 0 fully saturated rings. The van der Waals surface area contributed by atoms with Gasteiger partial charge in [0, 0.05) is 16.6 Å². The number of ether oxygens (including phenoxy) is 1. The van der Waals surface area contributed by atoms with Crippen LogP contribution in [0.4, 0.5) is 0 Å². The van der Waals surface area contributed by atoms with Crippen LogP contribution < -0.4 is 15.2 Å². The van der Waals surface area contributed by atoms with Crippen LogP contribution in [0.5, 0.6) is 5.75 Å². The van der Waals surface area contributed by atoms with Crippen LogP contribution in [0, 0.1) is 0 Å². The van der Waals surface area contributed by atoms with Crippen molar-refractivity contribution < 1.29 is 13.2 Å². The van der Waals surface area contributed by atoms with E-state index >= 15 is 0 Å². The number of primary sulfonamides is 1. The van der Waals surface area contributed by atoms with Gasteiger partial charge in [0.05, 0.1) is 16.5 Å². The minimum atomic E-state index is -3.64. The van der Waals surface area contributed by atoms with Crippen molar-refractivity contribution in [3.8, 4) is 5.75 Å². The Bertz CT molecular complexity index is 815. The highest BCUT2D eigenvalue weighted by Crippen LogP contribution is 2.32. The molecule has 0 aliphatic heterocycles. The lowest BCUT2D eigenvalue weighted by atomic mass is 10.1. The van der Waals surface area contributed by atoms with Crippen LogP contribution in [-0.4, -0.2) is 22.1 Å². The number of hydrogen-bond acceptors (Lipinski definition) is 4. The molecule has 5 nitrogen and oxygen atoms in total. The lowest BCUT2D eigenvalue weighted by Crippen LogP contribution is -2.17. The van der Waals surface area contributed by atoms with Gasteiger partial charge in [0.1, 0.15) is 5.75 Å². The number of nitrogens with two attached hydrogens (primary N) is 1. The molecule has 0 heterocycles. The topological polar surface area (TPSA) is 81.4 Å². The van der Waals surface area contributed by atoms with Crippen LogP contribution in [0.1, 0.15) is 11.1 Å². The maximum atomic E-state index is 11.2. The van der Waals surface area contributed by atoms with Crippen LogP contribution >= 0.6 is 44.3 Å². The summed E-state index contributed by atoms with van der Waals surface area (Å²) < 4.78 is 29.7. The molecule has 2 aromatic rings. The molecule has 2 aromatic carbocycles. The third kappa shape index (κ3) is 6.54. The van der Waals surface area contributed by atoms with E-state index in [9.17, 15) is 8.42 Å². The van der Waals surface area contributed by atoms with Gasteiger partial charge in [-0.25, -0.2) is 13.6 Å². The van der Waals surface area contributed by atoms with Gasteiger partial charge in [0.25, 0.3) is 0 Å². The molecule has 0 amide bonds. The van der Waals surface area contributed by atoms with Crippen molar-refractivity contribution in [2.24, 2.45) is 5.14 Å². The highest BCUT2D eigenvalue weighted by Gasteiger charge is 2.09. The summed E-state index contributed by atoms with van der Waals surface area (Å²) in [6.45, 7) is 1.42. The molecule has 0 bridgehead atoms. The molecule has 9 heteroatoms. The van der Waals surface area contributed by atoms with Gasteiger partial charge in [-0.1, -0.05) is 28.1 Å². The number of benzene rings is 2. The highest BCUT2D eigenvalue weighted by molar-refractivity contribution is 9.11. The second-order valence-electron chi connectivity index (χ2n) is 5.20. The Morgan fingerprint density at radius 2 is 1.80 bits per heavy atom. The van der Waals surface area contributed by atoms with E-state index in [-0.39, 0.29) is 17.3 Å². The summed E-state index contributed by atoms with van der Waals surface area (Å²) in [7, 11) is -1.99. The van der Waals surface area contributed by atoms with E-state index in [4.69, 9.17) is 9.88 Å². The van der Waals surface area contributed by atoms with Crippen molar-refractivity contribution >= 4 is 54.3 Å². The van der Waals surface area contributed by atoms with Crippen molar-refractivity contribution in [1.82, 2.24) is 5.32 Å². The standard InChI is InChI=1S/C16H18Br2N2O3S.ClH/c1-23-16-12(8-13(17)9-15(16)18)10-20-7-6-11-2-4-14(5-3-11)24(19,21)22;/h2-5,8-9,20H,6-7,10H2,1H3,(H2,19,21,22);1H. The Hall–Kier alpha value is -0.640. The third-order valence-corrected chi connectivity index (χ3v) is 5.42. The fourth-order valence-corrected chi connectivity index (χ4v) is 4.27. The summed E-state index contributed by atoms with van der Waals surface area (Å²) in [4.78, 5) is 0.128. The first-order valence-corrected chi connectivity index (χ1v) is 10.3. The second-order valence-corrected chi connectivity index (χ2v) is 8.53. The summed E-state index contributed by atoms with van der Waals surface area (Å²) in [6, 6.07) is 10.6. The summed E-state index contributed by atoms with van der Waals surface area (Å²) in [5.41, 5.74) is 2.08. The van der Waals surface area contributed by atoms with E-state index in [1.807, 2.05) is 12.1 Å². The van der Waals surface area contributed by atoms with Crippen LogP contribution in [0.2, 0.25) is 0 Å². The maximum Gasteiger partial charge on any atom is 0.238 e. The van der Waals surface area contributed by atoms with Gasteiger partial charge in [-0.3, -0.25) is 0 Å². The lowest BCUT2D eigenvalue weighted by molar-refractivity contribution is 0.405. The minimum Gasteiger partial charge on any atom is -0.495 e. The van der Waals surface area contributed by atoms with E-state index in [1.165, 1.54) is 12.1 Å². The molecule has 0 saturated carbocycles. The summed E-state index contributed by atoms with van der Waals surface area (Å²) in [6.07, 6.45) is 0.780. The highest BCUT2D eigenvalue weighted by atomic mass is 79.9. The Balaban J connectivity index is 0.00000312. The van der Waals surface area contributed by atoms with Crippen molar-refractivity contribution in [3.63, 3.8) is 0 Å². The van der Waals surface area contributed by atoms with Crippen LogP contribution in [0.3, 0.4) is 0 Å². The molecular weight excluding hydrogens is 496 g/mol. The first-order valence-electron chi connectivity index (χ1n) is 7.15. The van der Waals surface area contributed by atoms with Gasteiger partial charge < -0.3 is 10.1 Å². The number of sulfonamides is 1. The zero-order valence-corrected chi connectivity index (χ0v) is 18.3. The van der Waals surface area contributed by atoms with Crippen molar-refractivity contribution in [3.05, 3.63) is 56.5 Å². The number of nitrogens with one attached hydrogen (secondary N) is 1. The fraction of sp³-hybridized carbons (Fsp3) is 0.250. The smallest absolute Gasteiger partial charge is 0.238 e. The Morgan fingerprint density at radius 1 is 1.16 bits per heavy atom. The van der Waals surface area contributed by atoms with Gasteiger partial charge in [-0.15, -0.1) is 12.4 Å². The monoisotopic (exact) mass is 512 g/mol. The molecule has 0 spiro atoms. The first-order chi connectivity index (χ1) is 11.3. The number of halogens is 3. The van der Waals surface area contributed by atoms with Crippen LogP contribution in [0.15, 0.2) is 50.2 Å². The van der Waals surface area contributed by atoms with E-state index in [1.54, 1.807) is 19.2 Å². The van der Waals surface area contributed by atoms with Gasteiger partial charge in [-0.2, -0.15) is 0 Å². The number of hydrogen-bond donors (Lipinski definition) is 2. The zero-order valence-electron chi connectivity index (χ0n) is 13.5. The maximum absolute atomic E-state index is 11.2. The molecule has 3 N–H and O–H groups in total. The average molecular weight is 515 g/mol. The van der Waals surface area contributed by atoms with Gasteiger partial charge in [0.15, 0.2) is 0 Å². The van der Waals surface area contributed by atoms with Gasteiger partial charge in [-0.05, 0) is 58.7 Å². The minimum absolute atomic E-state index is 0. The molecular formula is C16H19Br2ClN2O3S. The van der Waals surface area contributed by atoms with Crippen LogP contribution in [-0.2, 0) is 23.0 Å². The summed E-state index contributed by atoms with van der Waals surface area (Å²) >= 11 is 6.96. The molecule has 0 saturated heterocycles. The predicted molar refractivity (Wildman–Crippen MR) is 109 cm³/mol. The van der Waals surface area contributed by atoms with E-state index in [0.29, 0.717) is 6.54 Å². The predicted octanol–water partition coefficient (Wildman–Crippen LogP) is 3.62. The van der Waals surface area contributed by atoms with Gasteiger partial charge in [0.2, 0.25) is 10.0 Å². The lowest BCUT2D eigenvalue weighted by Gasteiger charge is -2.12. The third-order valence-electron chi connectivity index (χ3n) is 3.45. The molecule has 0 aliphatic carbocycles. The SMILES string of the molecule is COc1c(Br)cc(Br)cc1CNCCc1ccc(S(N)(=O)=O)cc1.Cl. The summed E-state index contributed by atoms with van der Waals surface area (Å²) in [5, 5.41) is 8.44. The largest absolute Gasteiger partial charge is 0.495 e. The van der Waals surface area contributed by atoms with Crippen LogP contribution in [0.25, 0.3) is 0 Å². The number of rotatable bonds is 7. The van der Waals surface area contributed by atoms with E-state index in [0.717, 1.165) is 38.8 Å². The first kappa shape index (κ1) is 22.4. The fourth-order valence-electron chi connectivity index (χ4n) is 2.28. The molecule has 138 valence electrons. The van der Waals surface area contributed by atoms with E-state index < -0.39 is 10.0 Å². The van der Waals surface area contributed by atoms with Crippen molar-refractivity contribution in [2.45, 2.75) is 17.9 Å². The molecule has 2 rings (SSSR count). The molecule has 0 atom stereocenters. The normalized spacial score (nSPS) is 11.0. The van der Waals surface area contributed by atoms with Crippen molar-refractivity contribution in [1.29, 1.82) is 0 Å². The zero-order chi connectivity index (χ0) is 17.7. The Morgan fingerprint density at radius 3 is 2.36 bits per heavy atom. The molecule has 0 aliphatic rings. The molecule has 25 heavy (non-hydrogen) atoms. The molecule has 0 radical (unpaired) electrons. The Kier molecular flexibility index (Phi) is 8.86. The quantitative estimate of drug-likeness (QED) is 0.553. The second kappa shape index (κ2) is 9.89. The summed E-state index contributed by atoms with van der Waals surface area (Å²) in [5.74, 6) is 0.809. The van der Waals surface area contributed by atoms with Crippen molar-refractivity contribution in [2.75, 3.05) is 13.7 Å². The molecule has 0 aromatic heterocycles. The average Bonchev–Trinajstić information content (AvgIpc) is 2.51. The number of methoxy groups -OCH3 is 1.